The molecule has 2 nitrogen and oxygen atoms in total. The Bertz CT molecular complexity index is 542. The van der Waals surface area contributed by atoms with E-state index in [4.69, 9.17) is 5.11 Å². The monoisotopic (exact) mass is 376 g/mol. The zero-order chi connectivity index (χ0) is 18.5. The Labute approximate surface area is 167 Å². The number of hydrogen-bond donors (Lipinski definition) is 1. The molecule has 0 aromatic carbocycles. The van der Waals surface area contributed by atoms with Gasteiger partial charge in [0.25, 0.3) is 0 Å². The minimum absolute atomic E-state index is 0. The van der Waals surface area contributed by atoms with Gasteiger partial charge in [-0.25, -0.2) is 0 Å². The van der Waals surface area contributed by atoms with Gasteiger partial charge in [-0.3, -0.25) is 4.79 Å². The number of aliphatic carboxylic acids is 1. The van der Waals surface area contributed by atoms with E-state index in [2.05, 4.69) is 20.8 Å². The molecule has 4 saturated carbocycles. The Kier molecular flexibility index (Phi) is 6.05. The van der Waals surface area contributed by atoms with Crippen molar-refractivity contribution in [3.8, 4) is 0 Å². The molecule has 0 aliphatic heterocycles. The second kappa shape index (κ2) is 7.71. The van der Waals surface area contributed by atoms with Crippen molar-refractivity contribution in [2.75, 3.05) is 0 Å². The van der Waals surface area contributed by atoms with Crippen LogP contribution in [0.3, 0.4) is 0 Å². The molecule has 0 spiro atoms. The lowest BCUT2D eigenvalue weighted by Gasteiger charge is -2.61. The summed E-state index contributed by atoms with van der Waals surface area (Å²) in [5.41, 5.74) is 1.12. The van der Waals surface area contributed by atoms with Crippen molar-refractivity contribution in [1.82, 2.24) is 0 Å². The predicted octanol–water partition coefficient (Wildman–Crippen LogP) is 7.17. The molecule has 0 bridgehead atoms. The highest BCUT2D eigenvalue weighted by atomic mass is 16.4. The largest absolute Gasteiger partial charge is 0.481 e. The molecule has 0 aromatic heterocycles. The van der Waals surface area contributed by atoms with Gasteiger partial charge in [0.05, 0.1) is 0 Å². The summed E-state index contributed by atoms with van der Waals surface area (Å²) >= 11 is 0. The maximum atomic E-state index is 11.0. The van der Waals surface area contributed by atoms with Gasteiger partial charge in [-0.2, -0.15) is 0 Å². The van der Waals surface area contributed by atoms with Gasteiger partial charge in [0.15, 0.2) is 0 Å². The summed E-state index contributed by atoms with van der Waals surface area (Å²) < 4.78 is 0. The molecular formula is C25H44O2. The number of fused-ring (bicyclic) bond motifs is 5. The average molecular weight is 377 g/mol. The zero-order valence-electron chi connectivity index (χ0n) is 17.3. The first-order valence-corrected chi connectivity index (χ1v) is 11.6. The molecule has 8 atom stereocenters. The summed E-state index contributed by atoms with van der Waals surface area (Å²) in [6.07, 6.45) is 15.7. The number of carbonyl (C=O) groups is 1. The van der Waals surface area contributed by atoms with E-state index in [0.717, 1.165) is 36.0 Å². The first-order chi connectivity index (χ1) is 12.4. The first-order valence-electron chi connectivity index (χ1n) is 11.6. The van der Waals surface area contributed by atoms with Crippen molar-refractivity contribution < 1.29 is 9.90 Å². The molecule has 156 valence electrons. The summed E-state index contributed by atoms with van der Waals surface area (Å²) in [5.74, 6) is 4.57. The third-order valence-electron chi connectivity index (χ3n) is 10.2. The maximum Gasteiger partial charge on any atom is 0.303 e. The van der Waals surface area contributed by atoms with E-state index in [9.17, 15) is 4.79 Å². The van der Waals surface area contributed by atoms with Crippen LogP contribution in [0.5, 0.6) is 0 Å². The van der Waals surface area contributed by atoms with E-state index in [0.29, 0.717) is 23.2 Å². The summed E-state index contributed by atoms with van der Waals surface area (Å²) in [7, 11) is 0. The number of hydrogen-bond acceptors (Lipinski definition) is 1. The Morgan fingerprint density at radius 1 is 0.963 bits per heavy atom. The highest BCUT2D eigenvalue weighted by Crippen LogP contribution is 2.68. The normalized spacial score (nSPS) is 47.1. The van der Waals surface area contributed by atoms with E-state index in [-0.39, 0.29) is 7.43 Å². The Balaban J connectivity index is 0.00000210. The molecule has 0 saturated heterocycles. The van der Waals surface area contributed by atoms with Gasteiger partial charge in [0, 0.05) is 6.42 Å². The van der Waals surface area contributed by atoms with Crippen molar-refractivity contribution in [1.29, 1.82) is 0 Å². The van der Waals surface area contributed by atoms with E-state index < -0.39 is 5.97 Å². The maximum absolute atomic E-state index is 11.0. The second-order valence-corrected chi connectivity index (χ2v) is 11.0. The van der Waals surface area contributed by atoms with E-state index in [1.165, 1.54) is 64.2 Å². The topological polar surface area (TPSA) is 37.3 Å². The van der Waals surface area contributed by atoms with Crippen molar-refractivity contribution in [3.63, 3.8) is 0 Å². The van der Waals surface area contributed by atoms with Crippen LogP contribution < -0.4 is 0 Å². The fraction of sp³-hybridized carbons (Fsp3) is 0.960. The van der Waals surface area contributed by atoms with Crippen LogP contribution in [-0.2, 0) is 4.79 Å². The highest BCUT2D eigenvalue weighted by molar-refractivity contribution is 5.66. The lowest BCUT2D eigenvalue weighted by molar-refractivity contribution is -0.137. The molecule has 4 fully saturated rings. The molecule has 4 aliphatic rings. The Morgan fingerprint density at radius 3 is 2.44 bits per heavy atom. The third kappa shape index (κ3) is 3.38. The molecular weight excluding hydrogens is 332 g/mol. The molecule has 8 unspecified atom stereocenters. The second-order valence-electron chi connectivity index (χ2n) is 11.0. The molecule has 0 aromatic rings. The third-order valence-corrected chi connectivity index (χ3v) is 10.2. The fourth-order valence-electron chi connectivity index (χ4n) is 8.82. The van der Waals surface area contributed by atoms with Crippen LogP contribution in [-0.4, -0.2) is 11.1 Å². The van der Waals surface area contributed by atoms with Crippen LogP contribution in [0.4, 0.5) is 0 Å². The molecule has 0 amide bonds. The Hall–Kier alpha value is -0.530. The smallest absolute Gasteiger partial charge is 0.303 e. The predicted molar refractivity (Wildman–Crippen MR) is 113 cm³/mol. The van der Waals surface area contributed by atoms with Crippen molar-refractivity contribution in [2.45, 2.75) is 105 Å². The van der Waals surface area contributed by atoms with Crippen molar-refractivity contribution in [3.05, 3.63) is 0 Å². The van der Waals surface area contributed by atoms with Gasteiger partial charge in [-0.1, -0.05) is 41.0 Å². The molecule has 0 heterocycles. The number of carboxylic acid groups (broad SMARTS) is 1. The van der Waals surface area contributed by atoms with Gasteiger partial charge in [-0.05, 0) is 104 Å². The zero-order valence-corrected chi connectivity index (χ0v) is 17.3. The Morgan fingerprint density at radius 2 is 1.70 bits per heavy atom. The van der Waals surface area contributed by atoms with Crippen LogP contribution >= 0.6 is 0 Å². The van der Waals surface area contributed by atoms with Gasteiger partial charge in [0.2, 0.25) is 0 Å². The van der Waals surface area contributed by atoms with Crippen molar-refractivity contribution in [2.24, 2.45) is 46.3 Å². The summed E-state index contributed by atoms with van der Waals surface area (Å²) in [6.45, 7) is 7.60. The van der Waals surface area contributed by atoms with Gasteiger partial charge in [-0.15, -0.1) is 0 Å². The summed E-state index contributed by atoms with van der Waals surface area (Å²) in [4.78, 5) is 11.0. The van der Waals surface area contributed by atoms with E-state index in [1.54, 1.807) is 0 Å². The minimum atomic E-state index is -0.621. The van der Waals surface area contributed by atoms with E-state index in [1.807, 2.05) is 0 Å². The number of carboxylic acids is 1. The van der Waals surface area contributed by atoms with Crippen LogP contribution in [0.2, 0.25) is 0 Å². The van der Waals surface area contributed by atoms with Crippen molar-refractivity contribution >= 4 is 5.97 Å². The van der Waals surface area contributed by atoms with Crippen LogP contribution in [0.25, 0.3) is 0 Å². The molecule has 4 rings (SSSR count). The quantitative estimate of drug-likeness (QED) is 0.564. The molecule has 27 heavy (non-hydrogen) atoms. The summed E-state index contributed by atoms with van der Waals surface area (Å²) in [6, 6.07) is 0. The lowest BCUT2D eigenvalue weighted by Crippen LogP contribution is -2.53. The van der Waals surface area contributed by atoms with E-state index >= 15 is 0 Å². The summed E-state index contributed by atoms with van der Waals surface area (Å²) in [5, 5.41) is 9.09. The minimum Gasteiger partial charge on any atom is -0.481 e. The SMILES string of the molecule is C.CC(CCC(=O)O)C1CCC2C3CCC4CCCCC4(C)C3CCC12C. The van der Waals surface area contributed by atoms with Gasteiger partial charge >= 0.3 is 5.97 Å². The molecule has 1 N–H and O–H groups in total. The van der Waals surface area contributed by atoms with Crippen LogP contribution in [0, 0.1) is 46.3 Å². The highest BCUT2D eigenvalue weighted by Gasteiger charge is 2.60. The standard InChI is InChI=1S/C24H40O2.CH4/c1-16(7-12-22(25)26)19-10-11-20-18-9-8-17-6-4-5-14-23(17,2)21(18)13-15-24(19,20)3;/h16-21H,4-15H2,1-3H3,(H,25,26);1H4. The molecule has 2 heteroatoms. The van der Waals surface area contributed by atoms with Gasteiger partial charge < -0.3 is 5.11 Å². The number of rotatable bonds is 4. The van der Waals surface area contributed by atoms with Crippen LogP contribution in [0.15, 0.2) is 0 Å². The van der Waals surface area contributed by atoms with Gasteiger partial charge in [0.1, 0.15) is 0 Å². The average Bonchev–Trinajstić information content (AvgIpc) is 2.96. The van der Waals surface area contributed by atoms with Crippen LogP contribution in [0.1, 0.15) is 105 Å². The molecule has 0 radical (unpaired) electrons. The lowest BCUT2D eigenvalue weighted by atomic mass is 9.44. The first kappa shape index (κ1) is 21.2. The fourth-order valence-corrected chi connectivity index (χ4v) is 8.82. The molecule has 4 aliphatic carbocycles.